The van der Waals surface area contributed by atoms with Crippen molar-refractivity contribution in [3.63, 3.8) is 0 Å². The molecule has 1 aromatic rings. The van der Waals surface area contributed by atoms with Crippen molar-refractivity contribution in [3.05, 3.63) is 24.2 Å². The molecule has 1 rings (SSSR count). The minimum Gasteiger partial charge on any atom is -0.481 e. The van der Waals surface area contributed by atoms with E-state index in [9.17, 15) is 4.79 Å². The van der Waals surface area contributed by atoms with E-state index in [1.54, 1.807) is 12.1 Å². The third-order valence-electron chi connectivity index (χ3n) is 2.00. The van der Waals surface area contributed by atoms with Gasteiger partial charge in [-0.05, 0) is 24.0 Å². The molecule has 0 spiro atoms. The molecule has 1 aromatic heterocycles. The second kappa shape index (κ2) is 3.86. The first-order valence-electron chi connectivity index (χ1n) is 4.66. The van der Waals surface area contributed by atoms with Gasteiger partial charge in [0.25, 0.3) is 0 Å². The zero-order chi connectivity index (χ0) is 10.8. The molecule has 14 heavy (non-hydrogen) atoms. The molecule has 0 aromatic carbocycles. The Hall–Kier alpha value is -1.25. The van der Waals surface area contributed by atoms with E-state index < -0.39 is 11.9 Å². The second-order valence-electron chi connectivity index (χ2n) is 4.67. The zero-order valence-electron chi connectivity index (χ0n) is 8.78. The number of aliphatic carboxylic acids is 1. The summed E-state index contributed by atoms with van der Waals surface area (Å²) in [7, 11) is 0. The van der Waals surface area contributed by atoms with E-state index in [1.165, 1.54) is 6.26 Å². The molecule has 0 saturated carbocycles. The third-order valence-corrected chi connectivity index (χ3v) is 2.00. The number of carboxylic acids is 1. The standard InChI is InChI=1S/C11H16O3/c1-11(2,3)7-8(10(12)13)9-5-4-6-14-9/h4-6,8H,7H2,1-3H3,(H,12,13). The molecule has 0 fully saturated rings. The van der Waals surface area contributed by atoms with Gasteiger partial charge in [0.05, 0.1) is 6.26 Å². The van der Waals surface area contributed by atoms with E-state index in [0.717, 1.165) is 0 Å². The van der Waals surface area contributed by atoms with E-state index in [1.807, 2.05) is 20.8 Å². The van der Waals surface area contributed by atoms with Crippen LogP contribution in [0.25, 0.3) is 0 Å². The summed E-state index contributed by atoms with van der Waals surface area (Å²) in [6.07, 6.45) is 2.09. The maximum atomic E-state index is 11.0. The Balaban J connectivity index is 2.82. The zero-order valence-corrected chi connectivity index (χ0v) is 8.78. The Morgan fingerprint density at radius 2 is 2.21 bits per heavy atom. The van der Waals surface area contributed by atoms with Crippen molar-refractivity contribution in [2.45, 2.75) is 33.1 Å². The van der Waals surface area contributed by atoms with Gasteiger partial charge in [0.1, 0.15) is 11.7 Å². The van der Waals surface area contributed by atoms with Crippen LogP contribution in [0.15, 0.2) is 22.8 Å². The molecule has 0 bridgehead atoms. The van der Waals surface area contributed by atoms with Crippen LogP contribution in [0.5, 0.6) is 0 Å². The van der Waals surface area contributed by atoms with Crippen LogP contribution in [0.3, 0.4) is 0 Å². The Labute approximate surface area is 83.7 Å². The number of carbonyl (C=O) groups is 1. The predicted molar refractivity (Wildman–Crippen MR) is 53.2 cm³/mol. The number of hydrogen-bond donors (Lipinski definition) is 1. The Bertz CT molecular complexity index is 293. The lowest BCUT2D eigenvalue weighted by molar-refractivity contribution is -0.140. The summed E-state index contributed by atoms with van der Waals surface area (Å²) < 4.78 is 5.12. The monoisotopic (exact) mass is 196 g/mol. The summed E-state index contributed by atoms with van der Waals surface area (Å²) >= 11 is 0. The Kier molecular flexibility index (Phi) is 2.99. The Morgan fingerprint density at radius 1 is 1.57 bits per heavy atom. The summed E-state index contributed by atoms with van der Waals surface area (Å²) in [5, 5.41) is 9.05. The van der Waals surface area contributed by atoms with Gasteiger partial charge in [-0.25, -0.2) is 0 Å². The molecule has 0 saturated heterocycles. The molecule has 1 N–H and O–H groups in total. The van der Waals surface area contributed by atoms with Crippen LogP contribution in [0, 0.1) is 5.41 Å². The minimum atomic E-state index is -0.824. The van der Waals surface area contributed by atoms with E-state index in [4.69, 9.17) is 9.52 Å². The Morgan fingerprint density at radius 3 is 2.57 bits per heavy atom. The lowest BCUT2D eigenvalue weighted by Crippen LogP contribution is -2.18. The van der Waals surface area contributed by atoms with Crippen LogP contribution in [0.2, 0.25) is 0 Å². The molecular formula is C11H16O3. The van der Waals surface area contributed by atoms with Gasteiger partial charge in [0.15, 0.2) is 0 Å². The van der Waals surface area contributed by atoms with Crippen LogP contribution >= 0.6 is 0 Å². The second-order valence-corrected chi connectivity index (χ2v) is 4.67. The molecule has 1 atom stereocenters. The van der Waals surface area contributed by atoms with Gasteiger partial charge in [-0.1, -0.05) is 20.8 Å². The highest BCUT2D eigenvalue weighted by Gasteiger charge is 2.27. The fourth-order valence-corrected chi connectivity index (χ4v) is 1.41. The smallest absolute Gasteiger partial charge is 0.314 e. The van der Waals surface area contributed by atoms with Gasteiger partial charge in [-0.15, -0.1) is 0 Å². The number of rotatable bonds is 3. The quantitative estimate of drug-likeness (QED) is 0.808. The van der Waals surface area contributed by atoms with Crippen molar-refractivity contribution < 1.29 is 14.3 Å². The van der Waals surface area contributed by atoms with Gasteiger partial charge in [0, 0.05) is 0 Å². The highest BCUT2D eigenvalue weighted by Crippen LogP contribution is 2.31. The van der Waals surface area contributed by atoms with Gasteiger partial charge < -0.3 is 9.52 Å². The van der Waals surface area contributed by atoms with E-state index in [2.05, 4.69) is 0 Å². The molecule has 0 aliphatic carbocycles. The largest absolute Gasteiger partial charge is 0.481 e. The van der Waals surface area contributed by atoms with E-state index in [0.29, 0.717) is 12.2 Å². The van der Waals surface area contributed by atoms with Crippen molar-refractivity contribution in [2.24, 2.45) is 5.41 Å². The number of hydrogen-bond acceptors (Lipinski definition) is 2. The normalized spacial score (nSPS) is 13.9. The molecule has 78 valence electrons. The molecule has 1 unspecified atom stereocenters. The van der Waals surface area contributed by atoms with Crippen molar-refractivity contribution in [2.75, 3.05) is 0 Å². The van der Waals surface area contributed by atoms with Crippen molar-refractivity contribution in [3.8, 4) is 0 Å². The summed E-state index contributed by atoms with van der Waals surface area (Å²) in [5.41, 5.74) is -0.0180. The van der Waals surface area contributed by atoms with Gasteiger partial charge >= 0.3 is 5.97 Å². The fraction of sp³-hybridized carbons (Fsp3) is 0.545. The molecule has 3 heteroatoms. The van der Waals surface area contributed by atoms with Crippen LogP contribution in [-0.2, 0) is 4.79 Å². The SMILES string of the molecule is CC(C)(C)CC(C(=O)O)c1ccco1. The summed E-state index contributed by atoms with van der Waals surface area (Å²) in [6, 6.07) is 3.43. The average molecular weight is 196 g/mol. The van der Waals surface area contributed by atoms with Crippen LogP contribution < -0.4 is 0 Å². The fourth-order valence-electron chi connectivity index (χ4n) is 1.41. The first kappa shape index (κ1) is 10.8. The topological polar surface area (TPSA) is 50.4 Å². The highest BCUT2D eigenvalue weighted by atomic mass is 16.4. The number of carboxylic acid groups (broad SMARTS) is 1. The molecule has 0 radical (unpaired) electrons. The van der Waals surface area contributed by atoms with Crippen molar-refractivity contribution in [1.29, 1.82) is 0 Å². The maximum Gasteiger partial charge on any atom is 0.314 e. The summed E-state index contributed by atoms with van der Waals surface area (Å²) in [5.74, 6) is -0.827. The molecule has 0 aliphatic heterocycles. The van der Waals surface area contributed by atoms with Crippen molar-refractivity contribution in [1.82, 2.24) is 0 Å². The van der Waals surface area contributed by atoms with Crippen LogP contribution in [0.1, 0.15) is 38.9 Å². The highest BCUT2D eigenvalue weighted by molar-refractivity contribution is 5.75. The van der Waals surface area contributed by atoms with E-state index in [-0.39, 0.29) is 5.41 Å². The van der Waals surface area contributed by atoms with Crippen LogP contribution in [0.4, 0.5) is 0 Å². The predicted octanol–water partition coefficient (Wildman–Crippen LogP) is 2.88. The molecule has 0 amide bonds. The third kappa shape index (κ3) is 2.91. The molecule has 3 nitrogen and oxygen atoms in total. The lowest BCUT2D eigenvalue weighted by Gasteiger charge is -2.21. The first-order chi connectivity index (χ1) is 6.40. The number of furan rings is 1. The van der Waals surface area contributed by atoms with Gasteiger partial charge in [-0.3, -0.25) is 4.79 Å². The summed E-state index contributed by atoms with van der Waals surface area (Å²) in [6.45, 7) is 6.06. The van der Waals surface area contributed by atoms with Gasteiger partial charge in [-0.2, -0.15) is 0 Å². The first-order valence-corrected chi connectivity index (χ1v) is 4.66. The molecule has 1 heterocycles. The lowest BCUT2D eigenvalue weighted by atomic mass is 9.83. The molecule has 0 aliphatic rings. The molecular weight excluding hydrogens is 180 g/mol. The minimum absolute atomic E-state index is 0.0180. The van der Waals surface area contributed by atoms with Crippen LogP contribution in [-0.4, -0.2) is 11.1 Å². The average Bonchev–Trinajstić information content (AvgIpc) is 2.49. The summed E-state index contributed by atoms with van der Waals surface area (Å²) in [4.78, 5) is 11.0. The van der Waals surface area contributed by atoms with E-state index >= 15 is 0 Å². The maximum absolute atomic E-state index is 11.0. The van der Waals surface area contributed by atoms with Crippen molar-refractivity contribution >= 4 is 5.97 Å². The van der Waals surface area contributed by atoms with Gasteiger partial charge in [0.2, 0.25) is 0 Å².